The Morgan fingerprint density at radius 3 is 2.60 bits per heavy atom. The molecule has 128 valence electrons. The van der Waals surface area contributed by atoms with Crippen molar-refractivity contribution >= 4 is 44.3 Å². The number of carbonyl (C=O) groups excluding carboxylic acids is 1. The molecule has 0 spiro atoms. The molecular formula is C16H12IN3O4S. The van der Waals surface area contributed by atoms with Crippen LogP contribution in [0.5, 0.6) is 0 Å². The van der Waals surface area contributed by atoms with Gasteiger partial charge < -0.3 is 4.42 Å². The normalized spacial score (nSPS) is 11.3. The quantitative estimate of drug-likeness (QED) is 0.590. The summed E-state index contributed by atoms with van der Waals surface area (Å²) in [5.74, 6) is -0.256. The van der Waals surface area contributed by atoms with E-state index in [1.54, 1.807) is 24.3 Å². The van der Waals surface area contributed by atoms with Gasteiger partial charge in [0, 0.05) is 15.4 Å². The first kappa shape index (κ1) is 17.5. The number of rotatable bonds is 4. The Hall–Kier alpha value is -2.27. The molecular weight excluding hydrogens is 457 g/mol. The van der Waals surface area contributed by atoms with Gasteiger partial charge in [-0.1, -0.05) is 23.3 Å². The maximum absolute atomic E-state index is 12.2. The highest BCUT2D eigenvalue weighted by atomic mass is 127. The Balaban J connectivity index is 1.84. The number of amides is 1. The SMILES string of the molecule is CS(=O)(=O)c1cccc(-c2nnc(NC(=O)c3ccccc3I)o2)c1. The highest BCUT2D eigenvalue weighted by Gasteiger charge is 2.16. The maximum Gasteiger partial charge on any atom is 0.322 e. The van der Waals surface area contributed by atoms with Crippen molar-refractivity contribution in [2.75, 3.05) is 11.6 Å². The first-order chi connectivity index (χ1) is 11.8. The summed E-state index contributed by atoms with van der Waals surface area (Å²) in [5, 5.41) is 10.2. The van der Waals surface area contributed by atoms with Crippen LogP contribution in [-0.4, -0.2) is 30.8 Å². The van der Waals surface area contributed by atoms with E-state index in [4.69, 9.17) is 4.42 Å². The zero-order valence-electron chi connectivity index (χ0n) is 12.9. The van der Waals surface area contributed by atoms with Gasteiger partial charge in [0.1, 0.15) is 0 Å². The van der Waals surface area contributed by atoms with Gasteiger partial charge in [-0.2, -0.15) is 0 Å². The molecule has 0 radical (unpaired) electrons. The minimum atomic E-state index is -3.35. The van der Waals surface area contributed by atoms with E-state index in [9.17, 15) is 13.2 Å². The Kier molecular flexibility index (Phi) is 4.86. The van der Waals surface area contributed by atoms with E-state index in [2.05, 4.69) is 38.1 Å². The molecule has 0 saturated carbocycles. The second kappa shape index (κ2) is 6.92. The Bertz CT molecular complexity index is 1050. The topological polar surface area (TPSA) is 102 Å². The molecule has 0 atom stereocenters. The van der Waals surface area contributed by atoms with Gasteiger partial charge in [0.25, 0.3) is 5.91 Å². The fourth-order valence-corrected chi connectivity index (χ4v) is 3.36. The number of halogens is 1. The van der Waals surface area contributed by atoms with Gasteiger partial charge in [0.2, 0.25) is 5.89 Å². The largest absolute Gasteiger partial charge is 0.403 e. The molecule has 0 unspecified atom stereocenters. The van der Waals surface area contributed by atoms with Crippen LogP contribution < -0.4 is 5.32 Å². The molecule has 1 amide bonds. The van der Waals surface area contributed by atoms with Gasteiger partial charge in [-0.25, -0.2) is 8.42 Å². The van der Waals surface area contributed by atoms with Gasteiger partial charge in [-0.15, -0.1) is 5.10 Å². The number of anilines is 1. The van der Waals surface area contributed by atoms with Crippen LogP contribution in [0.1, 0.15) is 10.4 Å². The smallest absolute Gasteiger partial charge is 0.322 e. The number of benzene rings is 2. The fraction of sp³-hybridized carbons (Fsp3) is 0.0625. The van der Waals surface area contributed by atoms with Crippen LogP contribution in [0, 0.1) is 3.57 Å². The monoisotopic (exact) mass is 469 g/mol. The van der Waals surface area contributed by atoms with E-state index in [1.165, 1.54) is 12.1 Å². The molecule has 0 bridgehead atoms. The van der Waals surface area contributed by atoms with Crippen molar-refractivity contribution < 1.29 is 17.6 Å². The lowest BCUT2D eigenvalue weighted by Gasteiger charge is -2.02. The van der Waals surface area contributed by atoms with E-state index in [1.807, 2.05) is 12.1 Å². The standard InChI is InChI=1S/C16H12IN3O4S/c1-25(22,23)11-6-4-5-10(9-11)15-19-20-16(24-15)18-14(21)12-7-2-3-8-13(12)17/h2-9H,1H3,(H,18,20,21). The Morgan fingerprint density at radius 1 is 1.12 bits per heavy atom. The highest BCUT2D eigenvalue weighted by Crippen LogP contribution is 2.23. The summed E-state index contributed by atoms with van der Waals surface area (Å²) in [6.45, 7) is 0. The molecule has 2 aromatic carbocycles. The van der Waals surface area contributed by atoms with Crippen LogP contribution in [-0.2, 0) is 9.84 Å². The van der Waals surface area contributed by atoms with E-state index < -0.39 is 9.84 Å². The minimum Gasteiger partial charge on any atom is -0.403 e. The zero-order chi connectivity index (χ0) is 18.0. The average molecular weight is 469 g/mol. The molecule has 0 fully saturated rings. The van der Waals surface area contributed by atoms with E-state index in [-0.39, 0.29) is 22.7 Å². The molecule has 9 heteroatoms. The number of nitrogens with one attached hydrogen (secondary N) is 1. The second-order valence-corrected chi connectivity index (χ2v) is 8.32. The summed E-state index contributed by atoms with van der Waals surface area (Å²) >= 11 is 2.06. The predicted molar refractivity (Wildman–Crippen MR) is 100.0 cm³/mol. The molecule has 3 aromatic rings. The molecule has 0 saturated heterocycles. The van der Waals surface area contributed by atoms with Crippen molar-refractivity contribution in [3.63, 3.8) is 0 Å². The number of hydrogen-bond acceptors (Lipinski definition) is 6. The zero-order valence-corrected chi connectivity index (χ0v) is 15.9. The third-order valence-electron chi connectivity index (χ3n) is 3.27. The second-order valence-electron chi connectivity index (χ2n) is 5.15. The Labute approximate surface area is 157 Å². The third-order valence-corrected chi connectivity index (χ3v) is 5.32. The summed E-state index contributed by atoms with van der Waals surface area (Å²) in [6, 6.07) is 13.2. The molecule has 0 aliphatic carbocycles. The molecule has 0 aliphatic rings. The molecule has 0 aliphatic heterocycles. The van der Waals surface area contributed by atoms with Crippen LogP contribution in [0.15, 0.2) is 57.8 Å². The van der Waals surface area contributed by atoms with Gasteiger partial charge in [0.05, 0.1) is 10.5 Å². The van der Waals surface area contributed by atoms with E-state index >= 15 is 0 Å². The maximum atomic E-state index is 12.2. The molecule has 1 aromatic heterocycles. The lowest BCUT2D eigenvalue weighted by molar-refractivity contribution is 0.102. The van der Waals surface area contributed by atoms with Crippen LogP contribution in [0.3, 0.4) is 0 Å². The number of sulfone groups is 1. The van der Waals surface area contributed by atoms with Gasteiger partial charge in [-0.3, -0.25) is 10.1 Å². The first-order valence-corrected chi connectivity index (χ1v) is 10.0. The van der Waals surface area contributed by atoms with Crippen molar-refractivity contribution in [2.24, 2.45) is 0 Å². The Morgan fingerprint density at radius 2 is 1.88 bits per heavy atom. The fourth-order valence-electron chi connectivity index (χ4n) is 2.06. The summed E-state index contributed by atoms with van der Waals surface area (Å²) in [6.07, 6.45) is 1.12. The van der Waals surface area contributed by atoms with E-state index in [0.717, 1.165) is 9.83 Å². The number of nitrogens with zero attached hydrogens (tertiary/aromatic N) is 2. The first-order valence-electron chi connectivity index (χ1n) is 7.04. The van der Waals surface area contributed by atoms with Crippen molar-refractivity contribution in [3.8, 4) is 11.5 Å². The van der Waals surface area contributed by atoms with Crippen LogP contribution in [0.2, 0.25) is 0 Å². The number of aromatic nitrogens is 2. The lowest BCUT2D eigenvalue weighted by Crippen LogP contribution is -2.13. The minimum absolute atomic E-state index is 0.0654. The lowest BCUT2D eigenvalue weighted by atomic mass is 10.2. The molecule has 1 heterocycles. The van der Waals surface area contributed by atoms with Gasteiger partial charge in [0.15, 0.2) is 9.84 Å². The summed E-state index contributed by atoms with van der Waals surface area (Å²) in [5.41, 5.74) is 0.937. The summed E-state index contributed by atoms with van der Waals surface area (Å²) in [7, 11) is -3.35. The molecule has 3 rings (SSSR count). The summed E-state index contributed by atoms with van der Waals surface area (Å²) in [4.78, 5) is 12.4. The molecule has 1 N–H and O–H groups in total. The van der Waals surface area contributed by atoms with Crippen molar-refractivity contribution in [1.29, 1.82) is 0 Å². The van der Waals surface area contributed by atoms with Crippen LogP contribution >= 0.6 is 22.6 Å². The predicted octanol–water partition coefficient (Wildman–Crippen LogP) is 3.00. The number of carbonyl (C=O) groups is 1. The summed E-state index contributed by atoms with van der Waals surface area (Å²) < 4.78 is 29.5. The van der Waals surface area contributed by atoms with Gasteiger partial charge in [-0.05, 0) is 52.9 Å². The highest BCUT2D eigenvalue weighted by molar-refractivity contribution is 14.1. The molecule has 7 nitrogen and oxygen atoms in total. The number of hydrogen-bond donors (Lipinski definition) is 1. The molecule has 25 heavy (non-hydrogen) atoms. The van der Waals surface area contributed by atoms with Crippen molar-refractivity contribution in [1.82, 2.24) is 10.2 Å². The average Bonchev–Trinajstić information content (AvgIpc) is 3.03. The third kappa shape index (κ3) is 4.04. The van der Waals surface area contributed by atoms with Crippen LogP contribution in [0.4, 0.5) is 6.01 Å². The van der Waals surface area contributed by atoms with Crippen LogP contribution in [0.25, 0.3) is 11.5 Å². The van der Waals surface area contributed by atoms with Crippen molar-refractivity contribution in [3.05, 3.63) is 57.7 Å². The van der Waals surface area contributed by atoms with Gasteiger partial charge >= 0.3 is 6.01 Å². The van der Waals surface area contributed by atoms with Crippen molar-refractivity contribution in [2.45, 2.75) is 4.90 Å². The van der Waals surface area contributed by atoms with E-state index in [0.29, 0.717) is 11.1 Å².